The summed E-state index contributed by atoms with van der Waals surface area (Å²) < 4.78 is 83.6. The Labute approximate surface area is 240 Å². The van der Waals surface area contributed by atoms with Crippen molar-refractivity contribution >= 4 is 21.5 Å². The molecule has 0 aromatic heterocycles. The molecule has 0 atom stereocenters. The molecule has 0 unspecified atom stereocenters. The van der Waals surface area contributed by atoms with Gasteiger partial charge in [-0.25, -0.2) is 0 Å². The van der Waals surface area contributed by atoms with Crippen molar-refractivity contribution in [3.8, 4) is 56.0 Å². The second kappa shape index (κ2) is 8.72. The molecule has 39 heavy (non-hydrogen) atoms. The molecular formula is C38H24O. The Morgan fingerprint density at radius 3 is 1.90 bits per heavy atom. The fourth-order valence-electron chi connectivity index (χ4n) is 5.35. The molecule has 1 heteroatoms. The summed E-state index contributed by atoms with van der Waals surface area (Å²) in [6.07, 6.45) is 0. The molecular weight excluding hydrogens is 472 g/mol. The van der Waals surface area contributed by atoms with Gasteiger partial charge in [0.15, 0.2) is 0 Å². The average molecular weight is 506 g/mol. The fourth-order valence-corrected chi connectivity index (χ4v) is 5.35. The number of ether oxygens (including phenoxy) is 1. The lowest BCUT2D eigenvalue weighted by atomic mass is 9.90. The molecule has 0 amide bonds. The first-order chi connectivity index (χ1) is 23.1. The van der Waals surface area contributed by atoms with Gasteiger partial charge in [-0.15, -0.1) is 0 Å². The smallest absolute Gasteiger partial charge is 0.135 e. The fraction of sp³-hybridized carbons (Fsp3) is 0. The molecule has 1 heterocycles. The summed E-state index contributed by atoms with van der Waals surface area (Å²) in [6.45, 7) is 0. The van der Waals surface area contributed by atoms with Gasteiger partial charge in [0.1, 0.15) is 11.5 Å². The van der Waals surface area contributed by atoms with E-state index >= 15 is 0 Å². The third kappa shape index (κ3) is 3.55. The Morgan fingerprint density at radius 1 is 0.410 bits per heavy atom. The van der Waals surface area contributed by atoms with E-state index in [4.69, 9.17) is 17.1 Å². The van der Waals surface area contributed by atoms with E-state index in [1.54, 1.807) is 12.1 Å². The van der Waals surface area contributed by atoms with Crippen LogP contribution in [0.15, 0.2) is 145 Å². The van der Waals surface area contributed by atoms with Gasteiger partial charge in [-0.3, -0.25) is 0 Å². The normalized spacial score (nSPS) is 15.0. The van der Waals surface area contributed by atoms with Crippen molar-refractivity contribution in [1.82, 2.24) is 0 Å². The summed E-state index contributed by atoms with van der Waals surface area (Å²) in [5, 5.41) is 2.58. The Hall–Kier alpha value is -5.14. The summed E-state index contributed by atoms with van der Waals surface area (Å²) in [4.78, 5) is 0. The van der Waals surface area contributed by atoms with Crippen LogP contribution >= 0.6 is 0 Å². The van der Waals surface area contributed by atoms with Crippen molar-refractivity contribution in [2.75, 3.05) is 0 Å². The van der Waals surface area contributed by atoms with Gasteiger partial charge in [-0.1, -0.05) is 133 Å². The predicted octanol–water partition coefficient (Wildman–Crippen LogP) is 10.8. The molecule has 0 bridgehead atoms. The first-order valence-electron chi connectivity index (χ1n) is 17.1. The lowest BCUT2D eigenvalue weighted by Gasteiger charge is -2.22. The molecule has 7 aromatic rings. The zero-order valence-corrected chi connectivity index (χ0v) is 20.6. The van der Waals surface area contributed by atoms with E-state index in [-0.39, 0.29) is 57.1 Å². The van der Waals surface area contributed by atoms with Crippen LogP contribution in [-0.2, 0) is 0 Å². The predicted molar refractivity (Wildman–Crippen MR) is 163 cm³/mol. The minimum absolute atomic E-state index is 0.00750. The van der Waals surface area contributed by atoms with Crippen molar-refractivity contribution in [1.29, 1.82) is 0 Å². The quantitative estimate of drug-likeness (QED) is 0.232. The molecule has 7 aromatic carbocycles. The first-order valence-corrected chi connectivity index (χ1v) is 12.6. The molecule has 0 radical (unpaired) electrons. The van der Waals surface area contributed by atoms with E-state index in [1.807, 2.05) is 36.4 Å². The number of para-hydroxylation sites is 1. The van der Waals surface area contributed by atoms with Gasteiger partial charge in [0.25, 0.3) is 0 Å². The molecule has 0 aliphatic carbocycles. The monoisotopic (exact) mass is 505 g/mol. The van der Waals surface area contributed by atoms with E-state index in [9.17, 15) is 0 Å². The number of hydrogen-bond acceptors (Lipinski definition) is 1. The van der Waals surface area contributed by atoms with Crippen LogP contribution in [0.3, 0.4) is 0 Å². The van der Waals surface area contributed by atoms with Crippen LogP contribution in [0, 0.1) is 0 Å². The SMILES string of the molecule is [2H]c1c([2H])c([2H])c2c(c1[2H])Oc1c([2H])c([2H])c(-c3ccc(-c4ccc(-c5cccc6ccccc56)cc4)cc3)c3c([2H])c([2H])c([2H])c-2c13. The van der Waals surface area contributed by atoms with Gasteiger partial charge in [-0.05, 0) is 67.2 Å². The van der Waals surface area contributed by atoms with Crippen LogP contribution in [-0.4, -0.2) is 0 Å². The Bertz CT molecular complexity index is 2500. The van der Waals surface area contributed by atoms with Crippen molar-refractivity contribution in [2.24, 2.45) is 0 Å². The van der Waals surface area contributed by atoms with Gasteiger partial charge in [-0.2, -0.15) is 0 Å². The van der Waals surface area contributed by atoms with Crippen LogP contribution < -0.4 is 4.74 Å². The molecule has 0 saturated heterocycles. The molecule has 182 valence electrons. The van der Waals surface area contributed by atoms with Crippen molar-refractivity contribution in [3.63, 3.8) is 0 Å². The highest BCUT2D eigenvalue weighted by Gasteiger charge is 2.21. The van der Waals surface area contributed by atoms with E-state index < -0.39 is 36.3 Å². The number of rotatable bonds is 3. The van der Waals surface area contributed by atoms with E-state index in [0.717, 1.165) is 22.3 Å². The number of fused-ring (bicyclic) bond motifs is 3. The summed E-state index contributed by atoms with van der Waals surface area (Å²) in [6, 6.07) is 26.4. The summed E-state index contributed by atoms with van der Waals surface area (Å²) >= 11 is 0. The number of hydrogen-bond donors (Lipinski definition) is 0. The maximum Gasteiger partial charge on any atom is 0.135 e. The van der Waals surface area contributed by atoms with Crippen LogP contribution in [0.2, 0.25) is 0 Å². The molecule has 1 aliphatic heterocycles. The van der Waals surface area contributed by atoms with Crippen LogP contribution in [0.5, 0.6) is 11.5 Å². The topological polar surface area (TPSA) is 9.23 Å². The van der Waals surface area contributed by atoms with Crippen LogP contribution in [0.1, 0.15) is 12.3 Å². The van der Waals surface area contributed by atoms with Gasteiger partial charge < -0.3 is 4.74 Å². The number of benzene rings is 7. The van der Waals surface area contributed by atoms with E-state index in [1.165, 1.54) is 10.8 Å². The molecule has 0 fully saturated rings. The second-order valence-corrected chi connectivity index (χ2v) is 9.44. The largest absolute Gasteiger partial charge is 0.456 e. The third-order valence-corrected chi connectivity index (χ3v) is 7.25. The highest BCUT2D eigenvalue weighted by atomic mass is 16.5. The van der Waals surface area contributed by atoms with Crippen LogP contribution in [0.4, 0.5) is 0 Å². The van der Waals surface area contributed by atoms with Gasteiger partial charge in [0.05, 0.1) is 12.3 Å². The van der Waals surface area contributed by atoms with Gasteiger partial charge >= 0.3 is 0 Å². The maximum atomic E-state index is 9.00. The molecule has 0 N–H and O–H groups in total. The summed E-state index contributed by atoms with van der Waals surface area (Å²) in [7, 11) is 0. The molecule has 0 saturated carbocycles. The Morgan fingerprint density at radius 2 is 1.08 bits per heavy atom. The molecule has 8 rings (SSSR count). The third-order valence-electron chi connectivity index (χ3n) is 7.25. The van der Waals surface area contributed by atoms with E-state index in [0.29, 0.717) is 5.56 Å². The van der Waals surface area contributed by atoms with Crippen molar-refractivity contribution in [2.45, 2.75) is 0 Å². The van der Waals surface area contributed by atoms with Crippen LogP contribution in [0.25, 0.3) is 66.1 Å². The molecule has 1 aliphatic rings. The Balaban J connectivity index is 1.27. The highest BCUT2D eigenvalue weighted by molar-refractivity contribution is 6.10. The molecule has 1 nitrogen and oxygen atoms in total. The second-order valence-electron chi connectivity index (χ2n) is 9.44. The molecule has 0 spiro atoms. The average Bonchev–Trinajstić information content (AvgIpc) is 3.12. The minimum atomic E-state index is -0.536. The maximum absolute atomic E-state index is 9.00. The zero-order valence-electron chi connectivity index (χ0n) is 29.6. The van der Waals surface area contributed by atoms with E-state index in [2.05, 4.69) is 42.5 Å². The summed E-state index contributed by atoms with van der Waals surface area (Å²) in [5.74, 6) is -0.437. The highest BCUT2D eigenvalue weighted by Crippen LogP contribution is 2.48. The van der Waals surface area contributed by atoms with Crippen molar-refractivity contribution < 1.29 is 17.1 Å². The lowest BCUT2D eigenvalue weighted by Crippen LogP contribution is -1.97. The van der Waals surface area contributed by atoms with Crippen molar-refractivity contribution in [3.05, 3.63) is 145 Å². The van der Waals surface area contributed by atoms with Gasteiger partial charge in [0.2, 0.25) is 0 Å². The lowest BCUT2D eigenvalue weighted by molar-refractivity contribution is 0.487. The standard InChI is InChI=1S/C38H24O/c1-2-9-30-27(7-1)8-5-11-31(30)28-19-15-25(16-20-28)26-17-21-29(22-18-26)32-23-24-37-38-34(32)12-6-13-35(38)33-10-3-4-14-36(33)39-37/h1-24H/i3D,4D,6D,10D,12D,13D,14D,23D,24D. The minimum Gasteiger partial charge on any atom is -0.456 e. The Kier molecular flexibility index (Phi) is 3.29. The van der Waals surface area contributed by atoms with Gasteiger partial charge in [0, 0.05) is 10.9 Å². The summed E-state index contributed by atoms with van der Waals surface area (Å²) in [5.41, 5.74) is 4.76. The zero-order chi connectivity index (χ0) is 33.6. The first kappa shape index (κ1) is 14.7.